The number of hydrogen-bond acceptors (Lipinski definition) is 4. The van der Waals surface area contributed by atoms with Gasteiger partial charge in [0.15, 0.2) is 0 Å². The highest BCUT2D eigenvalue weighted by Crippen LogP contribution is 2.12. The van der Waals surface area contributed by atoms with Gasteiger partial charge in [0.1, 0.15) is 0 Å². The van der Waals surface area contributed by atoms with Gasteiger partial charge in [-0.3, -0.25) is 9.69 Å². The van der Waals surface area contributed by atoms with E-state index in [4.69, 9.17) is 0 Å². The molecule has 0 aromatic heterocycles. The second-order valence-corrected chi connectivity index (χ2v) is 7.39. The summed E-state index contributed by atoms with van der Waals surface area (Å²) in [6.45, 7) is 12.8. The molecule has 7 heteroatoms. The van der Waals surface area contributed by atoms with Gasteiger partial charge in [-0.1, -0.05) is 27.7 Å². The highest BCUT2D eigenvalue weighted by atomic mass is 35.5. The third kappa shape index (κ3) is 10.7. The van der Waals surface area contributed by atoms with Crippen molar-refractivity contribution in [1.29, 1.82) is 0 Å². The minimum absolute atomic E-state index is 0. The lowest BCUT2D eigenvalue weighted by atomic mass is 10.0. The van der Waals surface area contributed by atoms with Crippen LogP contribution in [0.3, 0.4) is 0 Å². The molecule has 23 heavy (non-hydrogen) atoms. The Bertz CT molecular complexity index is 299. The smallest absolute Gasteiger partial charge is 0.221 e. The molecule has 1 heterocycles. The molecule has 2 N–H and O–H groups in total. The molecule has 4 nitrogen and oxygen atoms in total. The highest BCUT2D eigenvalue weighted by molar-refractivity contribution is 7.99. The predicted molar refractivity (Wildman–Crippen MR) is 107 cm³/mol. The first-order chi connectivity index (χ1) is 10.1. The lowest BCUT2D eigenvalue weighted by Crippen LogP contribution is -2.46. The molecule has 0 spiro atoms. The first-order valence-corrected chi connectivity index (χ1v) is 9.54. The van der Waals surface area contributed by atoms with Gasteiger partial charge in [-0.15, -0.1) is 24.8 Å². The monoisotopic (exact) mass is 387 g/mol. The fourth-order valence-corrected chi connectivity index (χ4v) is 3.87. The molecular formula is C16H35Cl2N3OS. The molecule has 0 aliphatic carbocycles. The highest BCUT2D eigenvalue weighted by Gasteiger charge is 2.20. The van der Waals surface area contributed by atoms with Crippen molar-refractivity contribution in [3.63, 3.8) is 0 Å². The summed E-state index contributed by atoms with van der Waals surface area (Å²) < 4.78 is 0. The van der Waals surface area contributed by atoms with E-state index in [0.717, 1.165) is 44.1 Å². The molecule has 140 valence electrons. The van der Waals surface area contributed by atoms with E-state index in [2.05, 4.69) is 43.2 Å². The number of hydrogen-bond donors (Lipinski definition) is 2. The number of carbonyl (C=O) groups excluding carboxylic acids is 1. The second kappa shape index (κ2) is 14.6. The molecule has 1 aliphatic heterocycles. The van der Waals surface area contributed by atoms with Crippen LogP contribution in [0.2, 0.25) is 0 Å². The molecule has 0 aromatic carbocycles. The molecule has 1 aliphatic rings. The Kier molecular flexibility index (Phi) is 16.3. The van der Waals surface area contributed by atoms with Crippen LogP contribution >= 0.6 is 36.6 Å². The Labute approximate surface area is 159 Å². The lowest BCUT2D eigenvalue weighted by molar-refractivity contribution is -0.121. The van der Waals surface area contributed by atoms with Gasteiger partial charge in [-0.25, -0.2) is 0 Å². The summed E-state index contributed by atoms with van der Waals surface area (Å²) in [6.07, 6.45) is 1.75. The van der Waals surface area contributed by atoms with Crippen LogP contribution < -0.4 is 10.6 Å². The van der Waals surface area contributed by atoms with Crippen molar-refractivity contribution in [3.8, 4) is 0 Å². The largest absolute Gasteiger partial charge is 0.354 e. The van der Waals surface area contributed by atoms with Crippen molar-refractivity contribution in [2.45, 2.75) is 52.6 Å². The fourth-order valence-electron chi connectivity index (χ4n) is 2.92. The number of nitrogens with zero attached hydrogens (tertiary/aromatic N) is 1. The summed E-state index contributed by atoms with van der Waals surface area (Å²) in [5.74, 6) is 3.06. The fraction of sp³-hybridized carbons (Fsp3) is 0.938. The van der Waals surface area contributed by atoms with Crippen LogP contribution in [-0.2, 0) is 4.79 Å². The van der Waals surface area contributed by atoms with E-state index in [1.54, 1.807) is 0 Å². The summed E-state index contributed by atoms with van der Waals surface area (Å²) in [6, 6.07) is 0.804. The predicted octanol–water partition coefficient (Wildman–Crippen LogP) is 2.80. The van der Waals surface area contributed by atoms with Crippen molar-refractivity contribution >= 4 is 42.5 Å². The van der Waals surface area contributed by atoms with Crippen molar-refractivity contribution < 1.29 is 4.79 Å². The zero-order valence-corrected chi connectivity index (χ0v) is 17.4. The number of likely N-dealkylation sites (N-methyl/N-ethyl adjacent to an activating group) is 1. The van der Waals surface area contributed by atoms with E-state index < -0.39 is 0 Å². The lowest BCUT2D eigenvalue weighted by Gasteiger charge is -2.31. The zero-order chi connectivity index (χ0) is 15.7. The second-order valence-electron chi connectivity index (χ2n) is 6.24. The summed E-state index contributed by atoms with van der Waals surface area (Å²) in [5, 5.41) is 6.58. The van der Waals surface area contributed by atoms with Crippen molar-refractivity contribution in [2.75, 3.05) is 37.7 Å². The quantitative estimate of drug-likeness (QED) is 0.638. The van der Waals surface area contributed by atoms with Gasteiger partial charge in [0, 0.05) is 43.1 Å². The molecule has 0 aromatic rings. The molecule has 0 saturated carbocycles. The minimum atomic E-state index is 0. The number of halogens is 2. The van der Waals surface area contributed by atoms with Gasteiger partial charge in [0.25, 0.3) is 0 Å². The van der Waals surface area contributed by atoms with Gasteiger partial charge in [-0.2, -0.15) is 11.8 Å². The van der Waals surface area contributed by atoms with Gasteiger partial charge in [-0.05, 0) is 25.4 Å². The van der Waals surface area contributed by atoms with E-state index in [9.17, 15) is 4.79 Å². The molecule has 1 saturated heterocycles. The van der Waals surface area contributed by atoms with Crippen LogP contribution in [0.4, 0.5) is 0 Å². The maximum atomic E-state index is 12.1. The van der Waals surface area contributed by atoms with Crippen LogP contribution in [0, 0.1) is 5.92 Å². The van der Waals surface area contributed by atoms with Crippen LogP contribution in [0.25, 0.3) is 0 Å². The normalized spacial score (nSPS) is 19.0. The van der Waals surface area contributed by atoms with Crippen molar-refractivity contribution in [1.82, 2.24) is 15.5 Å². The van der Waals surface area contributed by atoms with Crippen LogP contribution in [0.15, 0.2) is 0 Å². The maximum Gasteiger partial charge on any atom is 0.221 e. The summed E-state index contributed by atoms with van der Waals surface area (Å²) >= 11 is 1.94. The molecule has 1 rings (SSSR count). The number of nitrogens with one attached hydrogen (secondary N) is 2. The van der Waals surface area contributed by atoms with Gasteiger partial charge >= 0.3 is 0 Å². The Morgan fingerprint density at radius 3 is 2.43 bits per heavy atom. The van der Waals surface area contributed by atoms with Gasteiger partial charge in [0.05, 0.1) is 0 Å². The number of thioether (sulfide) groups is 1. The number of amides is 1. The third-order valence-corrected chi connectivity index (χ3v) is 5.17. The van der Waals surface area contributed by atoms with E-state index in [1.165, 1.54) is 0 Å². The minimum Gasteiger partial charge on any atom is -0.354 e. The van der Waals surface area contributed by atoms with Crippen LogP contribution in [0.5, 0.6) is 0 Å². The van der Waals surface area contributed by atoms with E-state index >= 15 is 0 Å². The Balaban J connectivity index is 0. The molecule has 2 unspecified atom stereocenters. The van der Waals surface area contributed by atoms with Crippen LogP contribution in [0.1, 0.15) is 40.5 Å². The molecule has 0 bridgehead atoms. The van der Waals surface area contributed by atoms with E-state index in [-0.39, 0.29) is 30.7 Å². The summed E-state index contributed by atoms with van der Waals surface area (Å²) in [5.41, 5.74) is 0. The standard InChI is InChI=1S/C16H33N3OS.2ClH/c1-5-19(6-2)15(9-13(3)4)11-18-16(20)10-14-12-21-8-7-17-14;;/h13-15,17H,5-12H2,1-4H3,(H,18,20);2*1H. The van der Waals surface area contributed by atoms with Crippen molar-refractivity contribution in [2.24, 2.45) is 5.92 Å². The zero-order valence-electron chi connectivity index (χ0n) is 15.0. The van der Waals surface area contributed by atoms with E-state index in [1.807, 2.05) is 11.8 Å². The molecule has 2 atom stereocenters. The van der Waals surface area contributed by atoms with Crippen molar-refractivity contribution in [3.05, 3.63) is 0 Å². The van der Waals surface area contributed by atoms with Gasteiger partial charge in [0.2, 0.25) is 5.91 Å². The first-order valence-electron chi connectivity index (χ1n) is 8.38. The van der Waals surface area contributed by atoms with Crippen LogP contribution in [-0.4, -0.2) is 60.6 Å². The topological polar surface area (TPSA) is 44.4 Å². The maximum absolute atomic E-state index is 12.1. The SMILES string of the molecule is CCN(CC)C(CNC(=O)CC1CSCCN1)CC(C)C.Cl.Cl. The average molecular weight is 388 g/mol. The third-order valence-electron chi connectivity index (χ3n) is 4.04. The number of carbonyl (C=O) groups is 1. The Hall–Kier alpha value is 0.320. The molecular weight excluding hydrogens is 353 g/mol. The Morgan fingerprint density at radius 1 is 1.30 bits per heavy atom. The summed E-state index contributed by atoms with van der Waals surface area (Å²) in [7, 11) is 0. The molecule has 0 radical (unpaired) electrons. The molecule has 1 amide bonds. The summed E-state index contributed by atoms with van der Waals surface area (Å²) in [4.78, 5) is 14.6. The average Bonchev–Trinajstić information content (AvgIpc) is 2.46. The first kappa shape index (κ1) is 25.6. The number of rotatable bonds is 9. The van der Waals surface area contributed by atoms with E-state index in [0.29, 0.717) is 24.4 Å². The Morgan fingerprint density at radius 2 is 1.96 bits per heavy atom. The molecule has 1 fully saturated rings. The van der Waals surface area contributed by atoms with Gasteiger partial charge < -0.3 is 10.6 Å².